The van der Waals surface area contributed by atoms with Crippen molar-refractivity contribution in [2.24, 2.45) is 5.92 Å². The molecule has 0 unspecified atom stereocenters. The van der Waals surface area contributed by atoms with E-state index in [2.05, 4.69) is 6.58 Å². The fourth-order valence-corrected chi connectivity index (χ4v) is 4.70. The molecule has 1 fully saturated rings. The van der Waals surface area contributed by atoms with Gasteiger partial charge in [-0.25, -0.2) is 0 Å². The maximum absolute atomic E-state index is 12.7. The van der Waals surface area contributed by atoms with Crippen molar-refractivity contribution in [3.63, 3.8) is 0 Å². The zero-order chi connectivity index (χ0) is 15.3. The van der Waals surface area contributed by atoms with Crippen LogP contribution >= 0.6 is 0 Å². The van der Waals surface area contributed by atoms with Gasteiger partial charge in [0.1, 0.15) is 11.5 Å². The first-order valence-corrected chi connectivity index (χ1v) is 10.2. The summed E-state index contributed by atoms with van der Waals surface area (Å²) in [5.74, 6) is -1.14. The van der Waals surface area contributed by atoms with Crippen molar-refractivity contribution >= 4 is 20.1 Å². The molecule has 0 aromatic carbocycles. The number of esters is 1. The third-order valence-electron chi connectivity index (χ3n) is 3.93. The van der Waals surface area contributed by atoms with Gasteiger partial charge in [-0.3, -0.25) is 9.59 Å². The van der Waals surface area contributed by atoms with Crippen LogP contribution < -0.4 is 0 Å². The van der Waals surface area contributed by atoms with Crippen molar-refractivity contribution in [1.29, 1.82) is 0 Å². The Hall–Kier alpha value is -1.20. The molecule has 0 saturated carbocycles. The maximum atomic E-state index is 12.7. The molecule has 110 valence electrons. The minimum Gasteiger partial charge on any atom is -0.455 e. The van der Waals surface area contributed by atoms with E-state index < -0.39 is 25.4 Å². The Bertz CT molecular complexity index is 516. The minimum atomic E-state index is -2.06. The number of hydrogen-bond donors (Lipinski definition) is 0. The molecule has 1 aliphatic heterocycles. The van der Waals surface area contributed by atoms with E-state index in [4.69, 9.17) is 9.16 Å². The van der Waals surface area contributed by atoms with Gasteiger partial charge in [-0.15, -0.1) is 6.58 Å². The van der Waals surface area contributed by atoms with Gasteiger partial charge in [0.25, 0.3) is 0 Å². The summed E-state index contributed by atoms with van der Waals surface area (Å²) in [5.41, 5.74) is -1.47. The molecule has 0 bridgehead atoms. The predicted octanol–water partition coefficient (Wildman–Crippen LogP) is 2.61. The van der Waals surface area contributed by atoms with E-state index in [-0.39, 0.29) is 11.8 Å². The summed E-state index contributed by atoms with van der Waals surface area (Å²) < 4.78 is 11.8. The number of ether oxygens (including phenoxy) is 1. The molecule has 0 radical (unpaired) electrons. The molecule has 1 saturated heterocycles. The Morgan fingerprint density at radius 2 is 2.05 bits per heavy atom. The lowest BCUT2D eigenvalue weighted by Gasteiger charge is -2.42. The first kappa shape index (κ1) is 15.2. The second kappa shape index (κ2) is 4.40. The van der Waals surface area contributed by atoms with Crippen molar-refractivity contribution in [3.05, 3.63) is 24.3 Å². The Morgan fingerprint density at radius 3 is 2.55 bits per heavy atom. The molecule has 1 aliphatic carbocycles. The van der Waals surface area contributed by atoms with Gasteiger partial charge >= 0.3 is 5.97 Å². The van der Waals surface area contributed by atoms with Crippen LogP contribution in [0.1, 0.15) is 20.3 Å². The van der Waals surface area contributed by atoms with Gasteiger partial charge in [0.2, 0.25) is 0 Å². The molecule has 20 heavy (non-hydrogen) atoms. The van der Waals surface area contributed by atoms with Crippen LogP contribution in [-0.2, 0) is 18.8 Å². The number of cyclic esters (lactones) is 1. The zero-order valence-corrected chi connectivity index (χ0v) is 13.8. The average Bonchev–Trinajstić information content (AvgIpc) is 2.60. The van der Waals surface area contributed by atoms with E-state index in [1.165, 1.54) is 6.08 Å². The molecular formula is C15H22O4Si. The van der Waals surface area contributed by atoms with Gasteiger partial charge in [0.05, 0.1) is 0 Å². The van der Waals surface area contributed by atoms with E-state index in [0.717, 1.165) is 5.57 Å². The fourth-order valence-electron chi connectivity index (χ4n) is 3.30. The number of fused-ring (bicyclic) bond motifs is 1. The summed E-state index contributed by atoms with van der Waals surface area (Å²) in [6, 6.07) is 0. The molecule has 0 N–H and O–H groups in total. The minimum absolute atomic E-state index is 0.155. The summed E-state index contributed by atoms with van der Waals surface area (Å²) in [4.78, 5) is 24.9. The van der Waals surface area contributed by atoms with Crippen LogP contribution in [-0.4, -0.2) is 31.3 Å². The largest absolute Gasteiger partial charge is 0.455 e. The standard InChI is InChI=1S/C15H22O4Si/c1-7-8-14(3)15(19-20(4,5)6)11(16)9-10(2)12(15)13(17)18-14/h7,9,12H,1,8H2,2-6H3/t12-,14-,15+/m0/s1. The number of carbonyl (C=O) groups excluding carboxylic acids is 2. The summed E-state index contributed by atoms with van der Waals surface area (Å²) in [6.45, 7) is 13.3. The normalized spacial score (nSPS) is 36.6. The van der Waals surface area contributed by atoms with Crippen molar-refractivity contribution in [2.45, 2.75) is 51.1 Å². The SMILES string of the molecule is C=CC[C@]1(C)OC(=O)[C@@H]2C(C)=CC(=O)[C@@]21O[Si](C)(C)C. The van der Waals surface area contributed by atoms with Gasteiger partial charge in [-0.2, -0.15) is 0 Å². The van der Waals surface area contributed by atoms with Crippen LogP contribution in [0.15, 0.2) is 24.3 Å². The third kappa shape index (κ3) is 1.91. The Labute approximate surface area is 121 Å². The lowest BCUT2D eigenvalue weighted by Crippen LogP contribution is -2.61. The highest BCUT2D eigenvalue weighted by molar-refractivity contribution is 6.70. The second-order valence-corrected chi connectivity index (χ2v) is 11.2. The summed E-state index contributed by atoms with van der Waals surface area (Å²) in [5, 5.41) is 0. The molecule has 0 spiro atoms. The lowest BCUT2D eigenvalue weighted by atomic mass is 9.75. The zero-order valence-electron chi connectivity index (χ0n) is 12.8. The van der Waals surface area contributed by atoms with Crippen LogP contribution in [0.5, 0.6) is 0 Å². The number of hydrogen-bond acceptors (Lipinski definition) is 4. The van der Waals surface area contributed by atoms with Crippen LogP contribution in [0.3, 0.4) is 0 Å². The van der Waals surface area contributed by atoms with Crippen molar-refractivity contribution in [3.8, 4) is 0 Å². The summed E-state index contributed by atoms with van der Waals surface area (Å²) >= 11 is 0. The van der Waals surface area contributed by atoms with E-state index in [0.29, 0.717) is 6.42 Å². The Morgan fingerprint density at radius 1 is 1.45 bits per heavy atom. The summed E-state index contributed by atoms with van der Waals surface area (Å²) in [7, 11) is -2.06. The van der Waals surface area contributed by atoms with Crippen molar-refractivity contribution in [2.75, 3.05) is 0 Å². The van der Waals surface area contributed by atoms with Crippen LogP contribution in [0.4, 0.5) is 0 Å². The number of carbonyl (C=O) groups is 2. The molecule has 4 nitrogen and oxygen atoms in total. The molecule has 0 amide bonds. The highest BCUT2D eigenvalue weighted by Gasteiger charge is 2.71. The van der Waals surface area contributed by atoms with Gasteiger partial charge in [-0.05, 0) is 39.6 Å². The van der Waals surface area contributed by atoms with E-state index >= 15 is 0 Å². The fraction of sp³-hybridized carbons (Fsp3) is 0.600. The van der Waals surface area contributed by atoms with Crippen LogP contribution in [0.25, 0.3) is 0 Å². The first-order chi connectivity index (χ1) is 9.07. The quantitative estimate of drug-likeness (QED) is 0.454. The maximum Gasteiger partial charge on any atom is 0.317 e. The third-order valence-corrected chi connectivity index (χ3v) is 4.87. The predicted molar refractivity (Wildman–Crippen MR) is 78.7 cm³/mol. The lowest BCUT2D eigenvalue weighted by molar-refractivity contribution is -0.157. The molecule has 2 rings (SSSR count). The molecule has 0 aromatic heterocycles. The van der Waals surface area contributed by atoms with Gasteiger partial charge in [0, 0.05) is 6.42 Å². The molecular weight excluding hydrogens is 272 g/mol. The van der Waals surface area contributed by atoms with Crippen LogP contribution in [0, 0.1) is 5.92 Å². The molecule has 3 atom stereocenters. The smallest absolute Gasteiger partial charge is 0.317 e. The van der Waals surface area contributed by atoms with Gasteiger partial charge in [-0.1, -0.05) is 11.6 Å². The monoisotopic (exact) mass is 294 g/mol. The average molecular weight is 294 g/mol. The molecule has 1 heterocycles. The van der Waals surface area contributed by atoms with Gasteiger partial charge in [0.15, 0.2) is 19.7 Å². The number of ketones is 1. The Kier molecular flexibility index (Phi) is 3.34. The van der Waals surface area contributed by atoms with Gasteiger partial charge < -0.3 is 9.16 Å². The first-order valence-electron chi connectivity index (χ1n) is 6.84. The van der Waals surface area contributed by atoms with Crippen molar-refractivity contribution < 1.29 is 18.8 Å². The Balaban J connectivity index is 2.61. The topological polar surface area (TPSA) is 52.6 Å². The van der Waals surface area contributed by atoms with E-state index in [1.807, 2.05) is 19.6 Å². The molecule has 2 aliphatic rings. The number of rotatable bonds is 4. The van der Waals surface area contributed by atoms with Crippen LogP contribution in [0.2, 0.25) is 19.6 Å². The molecule has 0 aromatic rings. The summed E-state index contributed by atoms with van der Waals surface area (Å²) in [6.07, 6.45) is 3.60. The second-order valence-electron chi connectivity index (χ2n) is 6.78. The highest BCUT2D eigenvalue weighted by atomic mass is 28.4. The van der Waals surface area contributed by atoms with E-state index in [9.17, 15) is 9.59 Å². The van der Waals surface area contributed by atoms with E-state index in [1.54, 1.807) is 19.9 Å². The highest BCUT2D eigenvalue weighted by Crippen LogP contribution is 2.53. The van der Waals surface area contributed by atoms with Crippen molar-refractivity contribution in [1.82, 2.24) is 0 Å². The molecule has 5 heteroatoms.